The number of carbonyl (C=O) groups is 1. The SMILES string of the molecule is CC(CN(CC(F)(F)F)C(C)C)C(=O)NN. The first-order valence-corrected chi connectivity index (χ1v) is 4.98. The van der Waals surface area contributed by atoms with Crippen molar-refractivity contribution in [3.8, 4) is 0 Å². The fraction of sp³-hybridized carbons (Fsp3) is 0.889. The minimum Gasteiger partial charge on any atom is -0.294 e. The minimum atomic E-state index is -4.26. The molecule has 0 heterocycles. The summed E-state index contributed by atoms with van der Waals surface area (Å²) in [5.41, 5.74) is 1.93. The van der Waals surface area contributed by atoms with Crippen LogP contribution >= 0.6 is 0 Å². The summed E-state index contributed by atoms with van der Waals surface area (Å²) in [6.45, 7) is 3.85. The standard InChI is InChI=1S/C9H18F3N3O/c1-6(2)15(5-9(10,11)12)4-7(3)8(16)14-13/h6-7H,4-5,13H2,1-3H3,(H,14,16). The Morgan fingerprint density at radius 2 is 1.88 bits per heavy atom. The zero-order chi connectivity index (χ0) is 12.9. The molecule has 0 aliphatic carbocycles. The van der Waals surface area contributed by atoms with Crippen molar-refractivity contribution >= 4 is 5.91 Å². The maximum absolute atomic E-state index is 12.2. The molecule has 1 unspecified atom stereocenters. The van der Waals surface area contributed by atoms with Gasteiger partial charge in [0.2, 0.25) is 5.91 Å². The van der Waals surface area contributed by atoms with E-state index in [9.17, 15) is 18.0 Å². The third-order valence-corrected chi connectivity index (χ3v) is 2.21. The van der Waals surface area contributed by atoms with Crippen LogP contribution in [0.3, 0.4) is 0 Å². The van der Waals surface area contributed by atoms with Gasteiger partial charge in [-0.15, -0.1) is 0 Å². The summed E-state index contributed by atoms with van der Waals surface area (Å²) in [5, 5.41) is 0. The van der Waals surface area contributed by atoms with Gasteiger partial charge in [-0.3, -0.25) is 15.1 Å². The number of carbonyl (C=O) groups excluding carboxylic acids is 1. The van der Waals surface area contributed by atoms with E-state index in [0.29, 0.717) is 0 Å². The van der Waals surface area contributed by atoms with Crippen LogP contribution in [0.25, 0.3) is 0 Å². The van der Waals surface area contributed by atoms with Gasteiger partial charge < -0.3 is 0 Å². The number of halogens is 3. The predicted molar refractivity (Wildman–Crippen MR) is 54.3 cm³/mol. The van der Waals surface area contributed by atoms with Gasteiger partial charge in [0.1, 0.15) is 0 Å². The Balaban J connectivity index is 4.40. The third-order valence-electron chi connectivity index (χ3n) is 2.21. The lowest BCUT2D eigenvalue weighted by atomic mass is 10.1. The molecule has 16 heavy (non-hydrogen) atoms. The van der Waals surface area contributed by atoms with Gasteiger partial charge in [-0.25, -0.2) is 5.84 Å². The van der Waals surface area contributed by atoms with Crippen molar-refractivity contribution in [2.45, 2.75) is 33.0 Å². The van der Waals surface area contributed by atoms with Crippen LogP contribution in [-0.4, -0.2) is 36.1 Å². The van der Waals surface area contributed by atoms with E-state index >= 15 is 0 Å². The molecule has 0 radical (unpaired) electrons. The lowest BCUT2D eigenvalue weighted by Crippen LogP contribution is -2.45. The van der Waals surface area contributed by atoms with Gasteiger partial charge in [-0.05, 0) is 13.8 Å². The molecule has 0 bridgehead atoms. The molecule has 1 amide bonds. The second-order valence-electron chi connectivity index (χ2n) is 4.05. The van der Waals surface area contributed by atoms with E-state index in [1.807, 2.05) is 5.43 Å². The van der Waals surface area contributed by atoms with Gasteiger partial charge in [0, 0.05) is 18.5 Å². The Kier molecular flexibility index (Phi) is 5.74. The maximum Gasteiger partial charge on any atom is 0.401 e. The summed E-state index contributed by atoms with van der Waals surface area (Å²) < 4.78 is 36.7. The van der Waals surface area contributed by atoms with Crippen LogP contribution in [0.4, 0.5) is 13.2 Å². The second-order valence-corrected chi connectivity index (χ2v) is 4.05. The van der Waals surface area contributed by atoms with Crippen molar-refractivity contribution in [3.05, 3.63) is 0 Å². The lowest BCUT2D eigenvalue weighted by Gasteiger charge is -2.29. The average molecular weight is 241 g/mol. The Morgan fingerprint density at radius 3 is 2.19 bits per heavy atom. The summed E-state index contributed by atoms with van der Waals surface area (Å²) in [4.78, 5) is 12.3. The molecule has 96 valence electrons. The average Bonchev–Trinajstić information content (AvgIpc) is 2.13. The topological polar surface area (TPSA) is 58.4 Å². The Hall–Kier alpha value is -0.820. The van der Waals surface area contributed by atoms with E-state index in [-0.39, 0.29) is 12.6 Å². The van der Waals surface area contributed by atoms with Crippen molar-refractivity contribution in [1.82, 2.24) is 10.3 Å². The molecule has 0 fully saturated rings. The van der Waals surface area contributed by atoms with E-state index < -0.39 is 24.5 Å². The fourth-order valence-electron chi connectivity index (χ4n) is 1.27. The molecule has 0 aromatic heterocycles. The molecule has 0 saturated heterocycles. The van der Waals surface area contributed by atoms with Crippen molar-refractivity contribution < 1.29 is 18.0 Å². The van der Waals surface area contributed by atoms with Crippen LogP contribution in [0.1, 0.15) is 20.8 Å². The number of nitrogens with two attached hydrogens (primary N) is 1. The molecule has 4 nitrogen and oxygen atoms in total. The molecule has 1 atom stereocenters. The third kappa shape index (κ3) is 5.92. The number of nitrogens with one attached hydrogen (secondary N) is 1. The minimum absolute atomic E-state index is 0.0280. The molecule has 3 N–H and O–H groups in total. The van der Waals surface area contributed by atoms with Crippen molar-refractivity contribution in [1.29, 1.82) is 0 Å². The van der Waals surface area contributed by atoms with Gasteiger partial charge in [0.25, 0.3) is 0 Å². The van der Waals surface area contributed by atoms with Crippen LogP contribution in [0.15, 0.2) is 0 Å². The summed E-state index contributed by atoms with van der Waals surface area (Å²) in [5.74, 6) is 3.87. The van der Waals surface area contributed by atoms with Gasteiger partial charge in [-0.1, -0.05) is 6.92 Å². The molecule has 0 aliphatic rings. The first-order valence-electron chi connectivity index (χ1n) is 4.98. The van der Waals surface area contributed by atoms with Gasteiger partial charge >= 0.3 is 6.18 Å². The van der Waals surface area contributed by atoms with Crippen molar-refractivity contribution in [2.24, 2.45) is 11.8 Å². The van der Waals surface area contributed by atoms with Crippen LogP contribution in [-0.2, 0) is 4.79 Å². The summed E-state index contributed by atoms with van der Waals surface area (Å²) in [7, 11) is 0. The van der Waals surface area contributed by atoms with Gasteiger partial charge in [-0.2, -0.15) is 13.2 Å². The molecule has 0 aromatic carbocycles. The zero-order valence-corrected chi connectivity index (χ0v) is 9.64. The largest absolute Gasteiger partial charge is 0.401 e. The summed E-state index contributed by atoms with van der Waals surface area (Å²) in [6, 6.07) is -0.283. The van der Waals surface area contributed by atoms with Crippen LogP contribution in [0.2, 0.25) is 0 Å². The predicted octanol–water partition coefficient (Wildman–Crippen LogP) is 0.885. The summed E-state index contributed by atoms with van der Waals surface area (Å²) >= 11 is 0. The van der Waals surface area contributed by atoms with Gasteiger partial charge in [0.15, 0.2) is 0 Å². The number of nitrogens with zero attached hydrogens (tertiary/aromatic N) is 1. The molecule has 7 heteroatoms. The van der Waals surface area contributed by atoms with Crippen LogP contribution in [0, 0.1) is 5.92 Å². The number of amides is 1. The number of hydrogen-bond acceptors (Lipinski definition) is 3. The van der Waals surface area contributed by atoms with E-state index in [1.54, 1.807) is 13.8 Å². The first kappa shape index (κ1) is 15.2. The highest BCUT2D eigenvalue weighted by atomic mass is 19.4. The van der Waals surface area contributed by atoms with Gasteiger partial charge in [0.05, 0.1) is 6.54 Å². The Morgan fingerprint density at radius 1 is 1.38 bits per heavy atom. The molecule has 0 aliphatic heterocycles. The highest BCUT2D eigenvalue weighted by Gasteiger charge is 2.32. The molecule has 0 saturated carbocycles. The smallest absolute Gasteiger partial charge is 0.294 e. The zero-order valence-electron chi connectivity index (χ0n) is 9.64. The van der Waals surface area contributed by atoms with E-state index in [2.05, 4.69) is 0 Å². The monoisotopic (exact) mass is 241 g/mol. The van der Waals surface area contributed by atoms with Crippen LogP contribution < -0.4 is 11.3 Å². The summed E-state index contributed by atoms with van der Waals surface area (Å²) in [6.07, 6.45) is -4.26. The van der Waals surface area contributed by atoms with Crippen molar-refractivity contribution in [3.63, 3.8) is 0 Å². The number of alkyl halides is 3. The Bertz CT molecular complexity index is 231. The maximum atomic E-state index is 12.2. The number of hydrogen-bond donors (Lipinski definition) is 2. The van der Waals surface area contributed by atoms with E-state index in [0.717, 1.165) is 0 Å². The highest BCUT2D eigenvalue weighted by molar-refractivity contribution is 5.77. The number of hydrazine groups is 1. The highest BCUT2D eigenvalue weighted by Crippen LogP contribution is 2.18. The van der Waals surface area contributed by atoms with E-state index in [4.69, 9.17) is 5.84 Å². The van der Waals surface area contributed by atoms with Crippen molar-refractivity contribution in [2.75, 3.05) is 13.1 Å². The van der Waals surface area contributed by atoms with E-state index in [1.165, 1.54) is 11.8 Å². The molecule has 0 aromatic rings. The lowest BCUT2D eigenvalue weighted by molar-refractivity contribution is -0.152. The fourth-order valence-corrected chi connectivity index (χ4v) is 1.27. The molecular formula is C9H18F3N3O. The quantitative estimate of drug-likeness (QED) is 0.427. The van der Waals surface area contributed by atoms with Crippen LogP contribution in [0.5, 0.6) is 0 Å². The number of rotatable bonds is 5. The molecular weight excluding hydrogens is 223 g/mol. The molecule has 0 rings (SSSR count). The first-order chi connectivity index (χ1) is 7.17. The second kappa shape index (κ2) is 6.05. The normalized spacial score (nSPS) is 14.3. The molecule has 0 spiro atoms. The Labute approximate surface area is 92.9 Å².